The zero-order valence-corrected chi connectivity index (χ0v) is 12.0. The van der Waals surface area contributed by atoms with Gasteiger partial charge in [-0.25, -0.2) is 0 Å². The van der Waals surface area contributed by atoms with Crippen molar-refractivity contribution in [2.75, 3.05) is 32.8 Å². The minimum atomic E-state index is -0.484. The third-order valence-electron chi connectivity index (χ3n) is 4.46. The van der Waals surface area contributed by atoms with Crippen LogP contribution in [0.15, 0.2) is 24.3 Å². The number of esters is 1. The smallest absolute Gasteiger partial charge is 0.327 e. The Bertz CT molecular complexity index is 470. The summed E-state index contributed by atoms with van der Waals surface area (Å²) in [6.07, 6.45) is 1.56. The fourth-order valence-corrected chi connectivity index (χ4v) is 3.45. The zero-order chi connectivity index (χ0) is 14.0. The van der Waals surface area contributed by atoms with Gasteiger partial charge in [-0.1, -0.05) is 24.3 Å². The Morgan fingerprint density at radius 2 is 1.85 bits per heavy atom. The predicted octanol–water partition coefficient (Wildman–Crippen LogP) is 0.992. The Hall–Kier alpha value is -1.39. The first-order valence-electron chi connectivity index (χ1n) is 7.46. The minimum Gasteiger partial charge on any atom is -0.465 e. The second-order valence-corrected chi connectivity index (χ2v) is 5.61. The Morgan fingerprint density at radius 3 is 2.40 bits per heavy atom. The fourth-order valence-electron chi connectivity index (χ4n) is 3.45. The molecule has 0 amide bonds. The van der Waals surface area contributed by atoms with Crippen LogP contribution < -0.4 is 5.32 Å². The van der Waals surface area contributed by atoms with Gasteiger partial charge in [0.1, 0.15) is 5.54 Å². The van der Waals surface area contributed by atoms with Crippen LogP contribution in [-0.2, 0) is 22.4 Å². The molecule has 0 bridgehead atoms. The van der Waals surface area contributed by atoms with Gasteiger partial charge in [0.2, 0.25) is 0 Å². The lowest BCUT2D eigenvalue weighted by Crippen LogP contribution is -2.61. The molecule has 0 saturated carbocycles. The van der Waals surface area contributed by atoms with Gasteiger partial charge in [0, 0.05) is 39.0 Å². The van der Waals surface area contributed by atoms with E-state index in [1.54, 1.807) is 0 Å². The van der Waals surface area contributed by atoms with Crippen molar-refractivity contribution >= 4 is 5.97 Å². The summed E-state index contributed by atoms with van der Waals surface area (Å²) in [5, 5.41) is 3.35. The molecule has 0 unspecified atom stereocenters. The summed E-state index contributed by atoms with van der Waals surface area (Å²) in [5.74, 6) is -0.0573. The lowest BCUT2D eigenvalue weighted by atomic mass is 9.92. The topological polar surface area (TPSA) is 41.6 Å². The largest absolute Gasteiger partial charge is 0.465 e. The molecule has 4 nitrogen and oxygen atoms in total. The van der Waals surface area contributed by atoms with E-state index in [9.17, 15) is 4.79 Å². The number of fused-ring (bicyclic) bond motifs is 1. The van der Waals surface area contributed by atoms with Crippen LogP contribution in [0.5, 0.6) is 0 Å². The third-order valence-corrected chi connectivity index (χ3v) is 4.46. The Morgan fingerprint density at radius 1 is 1.25 bits per heavy atom. The summed E-state index contributed by atoms with van der Waals surface area (Å²) in [7, 11) is 0. The number of nitrogens with one attached hydrogen (secondary N) is 1. The summed E-state index contributed by atoms with van der Waals surface area (Å²) in [6.45, 7) is 6.03. The van der Waals surface area contributed by atoms with Gasteiger partial charge in [0.05, 0.1) is 6.61 Å². The van der Waals surface area contributed by atoms with Crippen molar-refractivity contribution in [1.82, 2.24) is 10.2 Å². The van der Waals surface area contributed by atoms with Crippen molar-refractivity contribution in [3.8, 4) is 0 Å². The van der Waals surface area contributed by atoms with Crippen LogP contribution in [-0.4, -0.2) is 49.2 Å². The number of rotatable bonds is 3. The Balaban J connectivity index is 1.92. The number of hydrogen-bond acceptors (Lipinski definition) is 4. The molecule has 1 aromatic rings. The number of hydrogen-bond donors (Lipinski definition) is 1. The number of carbonyl (C=O) groups is 1. The molecule has 4 heteroatoms. The van der Waals surface area contributed by atoms with E-state index in [-0.39, 0.29) is 5.97 Å². The van der Waals surface area contributed by atoms with Crippen molar-refractivity contribution in [3.63, 3.8) is 0 Å². The first-order chi connectivity index (χ1) is 9.76. The predicted molar refractivity (Wildman–Crippen MR) is 77.7 cm³/mol. The number of benzene rings is 1. The van der Waals surface area contributed by atoms with Gasteiger partial charge in [0.25, 0.3) is 0 Å². The van der Waals surface area contributed by atoms with Crippen molar-refractivity contribution in [3.05, 3.63) is 35.4 Å². The molecule has 2 aliphatic rings. The Labute approximate surface area is 120 Å². The average Bonchev–Trinajstić information content (AvgIpc) is 2.89. The minimum absolute atomic E-state index is 0.0573. The van der Waals surface area contributed by atoms with Crippen molar-refractivity contribution in [2.45, 2.75) is 25.3 Å². The van der Waals surface area contributed by atoms with Gasteiger partial charge in [-0.3, -0.25) is 9.69 Å². The van der Waals surface area contributed by atoms with E-state index in [1.807, 2.05) is 6.92 Å². The maximum Gasteiger partial charge on any atom is 0.327 e. The lowest BCUT2D eigenvalue weighted by Gasteiger charge is -2.41. The highest BCUT2D eigenvalue weighted by atomic mass is 16.5. The van der Waals surface area contributed by atoms with Gasteiger partial charge < -0.3 is 10.1 Å². The van der Waals surface area contributed by atoms with Crippen LogP contribution in [0.4, 0.5) is 0 Å². The molecule has 0 atom stereocenters. The monoisotopic (exact) mass is 274 g/mol. The zero-order valence-electron chi connectivity index (χ0n) is 12.0. The lowest BCUT2D eigenvalue weighted by molar-refractivity contribution is -0.158. The molecule has 108 valence electrons. The van der Waals surface area contributed by atoms with Gasteiger partial charge in [-0.05, 0) is 18.1 Å². The number of ether oxygens (including phenoxy) is 1. The van der Waals surface area contributed by atoms with Gasteiger partial charge in [-0.2, -0.15) is 0 Å². The molecule has 0 radical (unpaired) electrons. The van der Waals surface area contributed by atoms with Gasteiger partial charge in [-0.15, -0.1) is 0 Å². The van der Waals surface area contributed by atoms with E-state index >= 15 is 0 Å². The van der Waals surface area contributed by atoms with E-state index < -0.39 is 5.54 Å². The number of piperazine rings is 1. The van der Waals surface area contributed by atoms with Crippen molar-refractivity contribution < 1.29 is 9.53 Å². The maximum absolute atomic E-state index is 12.7. The average molecular weight is 274 g/mol. The summed E-state index contributed by atoms with van der Waals surface area (Å²) < 4.78 is 5.41. The first-order valence-corrected chi connectivity index (χ1v) is 7.46. The van der Waals surface area contributed by atoms with E-state index in [2.05, 4.69) is 34.5 Å². The SMILES string of the molecule is CCOC(=O)C1(N2CCNCC2)Cc2ccccc2C1. The highest BCUT2D eigenvalue weighted by Crippen LogP contribution is 2.36. The van der Waals surface area contributed by atoms with Gasteiger partial charge in [0.15, 0.2) is 0 Å². The molecular weight excluding hydrogens is 252 g/mol. The van der Waals surface area contributed by atoms with Crippen molar-refractivity contribution in [2.24, 2.45) is 0 Å². The molecule has 1 aromatic carbocycles. The van der Waals surface area contributed by atoms with Crippen LogP contribution >= 0.6 is 0 Å². The van der Waals surface area contributed by atoms with Crippen LogP contribution in [0.25, 0.3) is 0 Å². The molecule has 1 N–H and O–H groups in total. The second kappa shape index (κ2) is 5.54. The first kappa shape index (κ1) is 13.6. The second-order valence-electron chi connectivity index (χ2n) is 5.61. The summed E-state index contributed by atoms with van der Waals surface area (Å²) in [5.41, 5.74) is 2.10. The highest BCUT2D eigenvalue weighted by molar-refractivity contribution is 5.83. The van der Waals surface area contributed by atoms with Gasteiger partial charge >= 0.3 is 5.97 Å². The molecule has 0 aromatic heterocycles. The van der Waals surface area contributed by atoms with E-state index in [0.717, 1.165) is 39.0 Å². The summed E-state index contributed by atoms with van der Waals surface area (Å²) in [4.78, 5) is 15.0. The van der Waals surface area contributed by atoms with Crippen LogP contribution in [0.1, 0.15) is 18.1 Å². The molecule has 1 saturated heterocycles. The summed E-state index contributed by atoms with van der Waals surface area (Å²) in [6, 6.07) is 8.38. The van der Waals surface area contributed by atoms with E-state index in [1.165, 1.54) is 11.1 Å². The molecule has 1 fully saturated rings. The van der Waals surface area contributed by atoms with Crippen LogP contribution in [0.3, 0.4) is 0 Å². The fraction of sp³-hybridized carbons (Fsp3) is 0.562. The quantitative estimate of drug-likeness (QED) is 0.835. The molecule has 0 spiro atoms. The number of carbonyl (C=O) groups excluding carboxylic acids is 1. The van der Waals surface area contributed by atoms with Crippen LogP contribution in [0, 0.1) is 0 Å². The highest BCUT2D eigenvalue weighted by Gasteiger charge is 2.49. The molecular formula is C16H22N2O2. The molecule has 1 aliphatic carbocycles. The standard InChI is InChI=1S/C16H22N2O2/c1-2-20-15(19)16(18-9-7-17-8-10-18)11-13-5-3-4-6-14(13)12-16/h3-6,17H,2,7-12H2,1H3. The Kier molecular flexibility index (Phi) is 3.76. The van der Waals surface area contributed by atoms with E-state index in [4.69, 9.17) is 4.74 Å². The number of nitrogens with zero attached hydrogens (tertiary/aromatic N) is 1. The summed E-state index contributed by atoms with van der Waals surface area (Å²) >= 11 is 0. The maximum atomic E-state index is 12.7. The molecule has 3 rings (SSSR count). The molecule has 1 aliphatic heterocycles. The molecule has 1 heterocycles. The molecule has 20 heavy (non-hydrogen) atoms. The van der Waals surface area contributed by atoms with E-state index in [0.29, 0.717) is 6.61 Å². The normalized spacial score (nSPS) is 21.4. The van der Waals surface area contributed by atoms with Crippen LogP contribution in [0.2, 0.25) is 0 Å². The van der Waals surface area contributed by atoms with Crippen molar-refractivity contribution in [1.29, 1.82) is 0 Å². The third kappa shape index (κ3) is 2.23.